The molecule has 0 bridgehead atoms. The van der Waals surface area contributed by atoms with Crippen LogP contribution in [0.15, 0.2) is 0 Å². The van der Waals surface area contributed by atoms with Crippen molar-refractivity contribution in [3.8, 4) is 0 Å². The van der Waals surface area contributed by atoms with Gasteiger partial charge in [0.2, 0.25) is 11.8 Å². The number of hydrogen-bond donors (Lipinski definition) is 1. The molecule has 0 aliphatic carbocycles. The fourth-order valence-electron chi connectivity index (χ4n) is 2.04. The number of piperazine rings is 1. The Morgan fingerprint density at radius 3 is 2.00 bits per heavy atom. The molecule has 0 atom stereocenters. The molecule has 0 unspecified atom stereocenters. The van der Waals surface area contributed by atoms with Crippen LogP contribution in [0, 0.1) is 5.41 Å². The molecule has 0 aromatic heterocycles. The van der Waals surface area contributed by atoms with E-state index in [4.69, 9.17) is 0 Å². The predicted molar refractivity (Wildman–Crippen MR) is 71.5 cm³/mol. The molecule has 1 aliphatic rings. The number of nitrogens with zero attached hydrogens (tertiary/aromatic N) is 2. The van der Waals surface area contributed by atoms with Gasteiger partial charge in [0.15, 0.2) is 0 Å². The average molecular weight is 309 g/mol. The Kier molecular flexibility index (Phi) is 5.61. The van der Waals surface area contributed by atoms with Crippen LogP contribution in [0.1, 0.15) is 20.8 Å². The Hall–Kier alpha value is -1.31. The molecule has 1 saturated heterocycles. The molecule has 1 N–H and O–H groups in total. The summed E-state index contributed by atoms with van der Waals surface area (Å²) in [6, 6.07) is 0. The van der Waals surface area contributed by atoms with E-state index in [1.54, 1.807) is 9.80 Å². The summed E-state index contributed by atoms with van der Waals surface area (Å²) < 4.78 is 35.9. The van der Waals surface area contributed by atoms with E-state index in [2.05, 4.69) is 0 Å². The fraction of sp³-hybridized carbons (Fsp3) is 0.846. The number of rotatable bonds is 3. The van der Waals surface area contributed by atoms with Gasteiger partial charge in [-0.25, -0.2) is 0 Å². The summed E-state index contributed by atoms with van der Waals surface area (Å²) in [6.07, 6.45) is -4.40. The molecule has 21 heavy (non-hydrogen) atoms. The average Bonchev–Trinajstić information content (AvgIpc) is 2.34. The Bertz CT molecular complexity index is 383. The van der Waals surface area contributed by atoms with Gasteiger partial charge in [-0.15, -0.1) is 0 Å². The first-order chi connectivity index (χ1) is 9.49. The lowest BCUT2D eigenvalue weighted by atomic mass is 9.94. The lowest BCUT2D eigenvalue weighted by Crippen LogP contribution is -2.53. The molecule has 2 amide bonds. The van der Waals surface area contributed by atoms with E-state index in [0.29, 0.717) is 26.2 Å². The number of carbonyl (C=O) groups is 2. The molecular formula is C13H22F3N3O2. The van der Waals surface area contributed by atoms with E-state index in [0.717, 1.165) is 0 Å². The van der Waals surface area contributed by atoms with Crippen molar-refractivity contribution < 1.29 is 22.8 Å². The number of hydrogen-bond acceptors (Lipinski definition) is 3. The molecule has 8 heteroatoms. The summed E-state index contributed by atoms with van der Waals surface area (Å²) in [5.41, 5.74) is -0.452. The van der Waals surface area contributed by atoms with Crippen molar-refractivity contribution in [1.82, 2.24) is 15.1 Å². The normalized spacial score (nSPS) is 17.7. The van der Waals surface area contributed by atoms with Crippen LogP contribution in [0.3, 0.4) is 0 Å². The molecule has 1 fully saturated rings. The number of nitrogens with one attached hydrogen (secondary N) is 1. The number of alkyl halides is 3. The summed E-state index contributed by atoms with van der Waals surface area (Å²) in [4.78, 5) is 26.9. The van der Waals surface area contributed by atoms with Gasteiger partial charge in [-0.05, 0) is 0 Å². The van der Waals surface area contributed by atoms with E-state index in [1.807, 2.05) is 26.1 Å². The highest BCUT2D eigenvalue weighted by molar-refractivity contribution is 5.81. The van der Waals surface area contributed by atoms with Gasteiger partial charge in [-0.1, -0.05) is 20.8 Å². The summed E-state index contributed by atoms with van der Waals surface area (Å²) in [6.45, 7) is 6.08. The lowest BCUT2D eigenvalue weighted by Gasteiger charge is -2.37. The first-order valence-electron chi connectivity index (χ1n) is 6.84. The fourth-order valence-corrected chi connectivity index (χ4v) is 2.04. The van der Waals surface area contributed by atoms with Crippen LogP contribution in [0.5, 0.6) is 0 Å². The molecule has 0 saturated carbocycles. The lowest BCUT2D eigenvalue weighted by molar-refractivity contribution is -0.142. The van der Waals surface area contributed by atoms with Gasteiger partial charge in [-0.2, -0.15) is 13.2 Å². The Morgan fingerprint density at radius 1 is 1.05 bits per heavy atom. The van der Waals surface area contributed by atoms with Gasteiger partial charge < -0.3 is 10.2 Å². The summed E-state index contributed by atoms with van der Waals surface area (Å²) >= 11 is 0. The molecule has 1 aliphatic heterocycles. The largest absolute Gasteiger partial charge is 0.405 e. The maximum Gasteiger partial charge on any atom is 0.405 e. The topological polar surface area (TPSA) is 52.7 Å². The van der Waals surface area contributed by atoms with E-state index in [9.17, 15) is 22.8 Å². The number of carbonyl (C=O) groups excluding carboxylic acids is 2. The Balaban J connectivity index is 2.34. The van der Waals surface area contributed by atoms with Crippen molar-refractivity contribution in [3.05, 3.63) is 0 Å². The molecule has 122 valence electrons. The SMILES string of the molecule is CC(C)(C)C(=O)N1CCN(CC(=O)NCC(F)(F)F)CC1. The molecule has 1 heterocycles. The van der Waals surface area contributed by atoms with E-state index in [-0.39, 0.29) is 12.5 Å². The predicted octanol–water partition coefficient (Wildman–Crippen LogP) is 0.855. The second-order valence-electron chi connectivity index (χ2n) is 6.21. The van der Waals surface area contributed by atoms with Gasteiger partial charge >= 0.3 is 6.18 Å². The second kappa shape index (κ2) is 6.64. The van der Waals surface area contributed by atoms with Gasteiger partial charge in [0, 0.05) is 31.6 Å². The molecule has 0 aromatic rings. The maximum atomic E-state index is 12.1. The minimum absolute atomic E-state index is 0.0451. The van der Waals surface area contributed by atoms with Crippen molar-refractivity contribution in [1.29, 1.82) is 0 Å². The van der Waals surface area contributed by atoms with Crippen LogP contribution < -0.4 is 5.32 Å². The zero-order chi connectivity index (χ0) is 16.3. The van der Waals surface area contributed by atoms with Gasteiger partial charge in [-0.3, -0.25) is 14.5 Å². The Morgan fingerprint density at radius 2 is 1.57 bits per heavy atom. The van der Waals surface area contributed by atoms with E-state index in [1.165, 1.54) is 0 Å². The second-order valence-corrected chi connectivity index (χ2v) is 6.21. The summed E-state index contributed by atoms with van der Waals surface area (Å²) in [7, 11) is 0. The zero-order valence-corrected chi connectivity index (χ0v) is 12.6. The minimum atomic E-state index is -4.40. The maximum absolute atomic E-state index is 12.1. The highest BCUT2D eigenvalue weighted by Gasteiger charge is 2.31. The third kappa shape index (κ3) is 6.33. The minimum Gasteiger partial charge on any atom is -0.346 e. The van der Waals surface area contributed by atoms with Crippen LogP contribution >= 0.6 is 0 Å². The molecule has 0 radical (unpaired) electrons. The zero-order valence-electron chi connectivity index (χ0n) is 12.6. The van der Waals surface area contributed by atoms with Crippen molar-refractivity contribution >= 4 is 11.8 Å². The molecular weight excluding hydrogens is 287 g/mol. The van der Waals surface area contributed by atoms with Crippen molar-refractivity contribution in [2.24, 2.45) is 5.41 Å². The van der Waals surface area contributed by atoms with E-state index < -0.39 is 24.0 Å². The van der Waals surface area contributed by atoms with Crippen LogP contribution in [-0.2, 0) is 9.59 Å². The van der Waals surface area contributed by atoms with Crippen LogP contribution in [-0.4, -0.2) is 67.1 Å². The Labute approximate surface area is 122 Å². The first kappa shape index (κ1) is 17.7. The monoisotopic (exact) mass is 309 g/mol. The van der Waals surface area contributed by atoms with Crippen LogP contribution in [0.2, 0.25) is 0 Å². The quantitative estimate of drug-likeness (QED) is 0.841. The number of halogens is 3. The van der Waals surface area contributed by atoms with Gasteiger partial charge in [0.05, 0.1) is 6.54 Å². The first-order valence-corrected chi connectivity index (χ1v) is 6.84. The third-order valence-corrected chi connectivity index (χ3v) is 3.15. The van der Waals surface area contributed by atoms with E-state index >= 15 is 0 Å². The van der Waals surface area contributed by atoms with Gasteiger partial charge in [0.25, 0.3) is 0 Å². The van der Waals surface area contributed by atoms with Crippen molar-refractivity contribution in [2.45, 2.75) is 26.9 Å². The van der Waals surface area contributed by atoms with Crippen molar-refractivity contribution in [3.63, 3.8) is 0 Å². The third-order valence-electron chi connectivity index (χ3n) is 3.15. The number of amides is 2. The summed E-state index contributed by atoms with van der Waals surface area (Å²) in [5.74, 6) is -0.605. The summed E-state index contributed by atoms with van der Waals surface area (Å²) in [5, 5.41) is 1.84. The molecule has 5 nitrogen and oxygen atoms in total. The van der Waals surface area contributed by atoms with Crippen LogP contribution in [0.25, 0.3) is 0 Å². The van der Waals surface area contributed by atoms with Crippen molar-refractivity contribution in [2.75, 3.05) is 39.3 Å². The molecule has 1 rings (SSSR count). The van der Waals surface area contributed by atoms with Crippen LogP contribution in [0.4, 0.5) is 13.2 Å². The standard InChI is InChI=1S/C13H22F3N3O2/c1-12(2,3)11(21)19-6-4-18(5-7-19)8-10(20)17-9-13(14,15)16/h4-9H2,1-3H3,(H,17,20). The molecule has 0 spiro atoms. The smallest absolute Gasteiger partial charge is 0.346 e. The highest BCUT2D eigenvalue weighted by atomic mass is 19.4. The highest BCUT2D eigenvalue weighted by Crippen LogP contribution is 2.18. The van der Waals surface area contributed by atoms with Gasteiger partial charge in [0.1, 0.15) is 6.54 Å². The molecule has 0 aromatic carbocycles.